The summed E-state index contributed by atoms with van der Waals surface area (Å²) >= 11 is 0. The maximum absolute atomic E-state index is 13.0. The third kappa shape index (κ3) is 4.07. The van der Waals surface area contributed by atoms with Gasteiger partial charge in [0.25, 0.3) is 0 Å². The first-order valence-electron chi connectivity index (χ1n) is 6.41. The molecule has 0 radical (unpaired) electrons. The Balaban J connectivity index is 2.05. The van der Waals surface area contributed by atoms with Crippen molar-refractivity contribution in [2.75, 3.05) is 6.54 Å². The van der Waals surface area contributed by atoms with Crippen LogP contribution in [0.3, 0.4) is 0 Å². The maximum Gasteiger partial charge on any atom is 0.242 e. The number of nitrogens with zero attached hydrogens (tertiary/aromatic N) is 1. The predicted octanol–water partition coefficient (Wildman–Crippen LogP) is 1.20. The highest BCUT2D eigenvalue weighted by Crippen LogP contribution is 2.12. The van der Waals surface area contributed by atoms with Crippen LogP contribution < -0.4 is 10.5 Å². The number of sulfonamides is 1. The molecule has 3 N–H and O–H groups in total. The zero-order valence-electron chi connectivity index (χ0n) is 11.3. The van der Waals surface area contributed by atoms with Gasteiger partial charge in [-0.25, -0.2) is 17.5 Å². The van der Waals surface area contributed by atoms with Gasteiger partial charge in [-0.05, 0) is 36.2 Å². The van der Waals surface area contributed by atoms with Gasteiger partial charge in [-0.1, -0.05) is 12.1 Å². The molecule has 0 saturated heterocycles. The number of hydrogen-bond acceptors (Lipinski definition) is 4. The average Bonchev–Trinajstić information content (AvgIpc) is 2.47. The third-order valence-corrected chi connectivity index (χ3v) is 4.46. The van der Waals surface area contributed by atoms with Gasteiger partial charge in [0.1, 0.15) is 10.7 Å². The minimum atomic E-state index is -3.67. The molecular formula is C14H16FN3O2S. The summed E-state index contributed by atoms with van der Waals surface area (Å²) in [4.78, 5) is 4.02. The van der Waals surface area contributed by atoms with Crippen molar-refractivity contribution in [3.05, 3.63) is 59.7 Å². The standard InChI is InChI=1S/C14H16FN3O2S/c15-12-4-1-3-11(9-12)6-8-18-21(19,20)14-5-2-7-17-13(14)10-16/h1-5,7,9,18H,6,8,10,16H2. The van der Waals surface area contributed by atoms with E-state index in [1.807, 2.05) is 0 Å². The van der Waals surface area contributed by atoms with Crippen LogP contribution in [0.15, 0.2) is 47.5 Å². The molecule has 2 rings (SSSR count). The summed E-state index contributed by atoms with van der Waals surface area (Å²) in [6.07, 6.45) is 1.89. The predicted molar refractivity (Wildman–Crippen MR) is 77.4 cm³/mol. The normalized spacial score (nSPS) is 11.5. The minimum Gasteiger partial charge on any atom is -0.325 e. The molecule has 7 heteroatoms. The molecule has 0 aliphatic heterocycles. The van der Waals surface area contributed by atoms with Crippen LogP contribution in [0, 0.1) is 5.82 Å². The lowest BCUT2D eigenvalue weighted by Crippen LogP contribution is -2.27. The Labute approximate surface area is 123 Å². The van der Waals surface area contributed by atoms with Crippen LogP contribution in [0.2, 0.25) is 0 Å². The molecule has 0 aliphatic carbocycles. The molecule has 112 valence electrons. The Morgan fingerprint density at radius 2 is 2.05 bits per heavy atom. The van der Waals surface area contributed by atoms with Crippen molar-refractivity contribution in [2.24, 2.45) is 5.73 Å². The second-order valence-electron chi connectivity index (χ2n) is 4.43. The van der Waals surface area contributed by atoms with Crippen molar-refractivity contribution in [3.8, 4) is 0 Å². The number of halogens is 1. The van der Waals surface area contributed by atoms with Gasteiger partial charge in [0.15, 0.2) is 0 Å². The summed E-state index contributed by atoms with van der Waals surface area (Å²) in [5, 5.41) is 0. The van der Waals surface area contributed by atoms with Crippen LogP contribution in [-0.4, -0.2) is 19.9 Å². The van der Waals surface area contributed by atoms with E-state index in [1.165, 1.54) is 24.4 Å². The van der Waals surface area contributed by atoms with Crippen LogP contribution in [-0.2, 0) is 23.0 Å². The maximum atomic E-state index is 13.0. The van der Waals surface area contributed by atoms with E-state index < -0.39 is 10.0 Å². The second-order valence-corrected chi connectivity index (χ2v) is 6.17. The zero-order valence-corrected chi connectivity index (χ0v) is 12.1. The zero-order chi connectivity index (χ0) is 15.3. The van der Waals surface area contributed by atoms with Gasteiger partial charge in [0.2, 0.25) is 10.0 Å². The molecule has 0 aliphatic rings. The van der Waals surface area contributed by atoms with E-state index in [-0.39, 0.29) is 23.8 Å². The van der Waals surface area contributed by atoms with Crippen molar-refractivity contribution < 1.29 is 12.8 Å². The summed E-state index contributed by atoms with van der Waals surface area (Å²) in [6.45, 7) is 0.214. The van der Waals surface area contributed by atoms with Crippen LogP contribution in [0.4, 0.5) is 4.39 Å². The number of aromatic nitrogens is 1. The van der Waals surface area contributed by atoms with Crippen molar-refractivity contribution in [3.63, 3.8) is 0 Å². The first-order valence-corrected chi connectivity index (χ1v) is 7.89. The number of pyridine rings is 1. The number of nitrogens with one attached hydrogen (secondary N) is 1. The van der Waals surface area contributed by atoms with Gasteiger partial charge in [-0.15, -0.1) is 0 Å². The summed E-state index contributed by atoms with van der Waals surface area (Å²) in [6, 6.07) is 9.06. The largest absolute Gasteiger partial charge is 0.325 e. The molecule has 1 heterocycles. The quantitative estimate of drug-likeness (QED) is 0.839. The first-order chi connectivity index (χ1) is 10.0. The monoisotopic (exact) mass is 309 g/mol. The lowest BCUT2D eigenvalue weighted by Gasteiger charge is -2.09. The molecule has 0 bridgehead atoms. The Morgan fingerprint density at radius 1 is 1.24 bits per heavy atom. The van der Waals surface area contributed by atoms with Crippen molar-refractivity contribution in [1.29, 1.82) is 0 Å². The van der Waals surface area contributed by atoms with E-state index in [9.17, 15) is 12.8 Å². The molecular weight excluding hydrogens is 293 g/mol. The highest BCUT2D eigenvalue weighted by molar-refractivity contribution is 7.89. The van der Waals surface area contributed by atoms with Crippen LogP contribution in [0.25, 0.3) is 0 Å². The topological polar surface area (TPSA) is 85.1 Å². The minimum absolute atomic E-state index is 0.0426. The third-order valence-electron chi connectivity index (χ3n) is 2.93. The fourth-order valence-electron chi connectivity index (χ4n) is 1.92. The number of nitrogens with two attached hydrogens (primary N) is 1. The highest BCUT2D eigenvalue weighted by atomic mass is 32.2. The van der Waals surface area contributed by atoms with Crippen molar-refractivity contribution in [1.82, 2.24) is 9.71 Å². The van der Waals surface area contributed by atoms with Crippen LogP contribution in [0.1, 0.15) is 11.3 Å². The Morgan fingerprint density at radius 3 is 2.76 bits per heavy atom. The second kappa shape index (κ2) is 6.75. The summed E-state index contributed by atoms with van der Waals surface area (Å²) in [5.41, 5.74) is 6.53. The molecule has 0 unspecified atom stereocenters. The van der Waals surface area contributed by atoms with Crippen LogP contribution >= 0.6 is 0 Å². The summed E-state index contributed by atoms with van der Waals surface area (Å²) in [5.74, 6) is -0.340. The highest BCUT2D eigenvalue weighted by Gasteiger charge is 2.17. The van der Waals surface area contributed by atoms with E-state index in [1.54, 1.807) is 18.2 Å². The van der Waals surface area contributed by atoms with Crippen molar-refractivity contribution in [2.45, 2.75) is 17.9 Å². The Kier molecular flexibility index (Phi) is 5.00. The molecule has 0 saturated carbocycles. The van der Waals surface area contributed by atoms with Gasteiger partial charge in [-0.3, -0.25) is 4.98 Å². The van der Waals surface area contributed by atoms with E-state index >= 15 is 0 Å². The molecule has 2 aromatic rings. The van der Waals surface area contributed by atoms with Gasteiger partial charge in [-0.2, -0.15) is 0 Å². The van der Waals surface area contributed by atoms with E-state index in [2.05, 4.69) is 9.71 Å². The number of hydrogen-bond donors (Lipinski definition) is 2. The molecule has 0 spiro atoms. The van der Waals surface area contributed by atoms with Crippen molar-refractivity contribution >= 4 is 10.0 Å². The fourth-order valence-corrected chi connectivity index (χ4v) is 3.15. The van der Waals surface area contributed by atoms with Gasteiger partial charge >= 0.3 is 0 Å². The Bertz CT molecular complexity index is 720. The molecule has 0 amide bonds. The van der Waals surface area contributed by atoms with Gasteiger partial charge in [0.05, 0.1) is 5.69 Å². The lowest BCUT2D eigenvalue weighted by atomic mass is 10.1. The van der Waals surface area contributed by atoms with Gasteiger partial charge in [0, 0.05) is 19.3 Å². The molecule has 1 aromatic carbocycles. The molecule has 1 aromatic heterocycles. The van der Waals surface area contributed by atoms with Gasteiger partial charge < -0.3 is 5.73 Å². The van der Waals surface area contributed by atoms with Crippen LogP contribution in [0.5, 0.6) is 0 Å². The average molecular weight is 309 g/mol. The Hall–Kier alpha value is -1.83. The lowest BCUT2D eigenvalue weighted by molar-refractivity contribution is 0.579. The molecule has 0 atom stereocenters. The molecule has 0 fully saturated rings. The SMILES string of the molecule is NCc1ncccc1S(=O)(=O)NCCc1cccc(F)c1. The first kappa shape index (κ1) is 15.6. The van der Waals surface area contributed by atoms with E-state index in [0.717, 1.165) is 5.56 Å². The molecule has 5 nitrogen and oxygen atoms in total. The molecule has 21 heavy (non-hydrogen) atoms. The number of rotatable bonds is 6. The summed E-state index contributed by atoms with van der Waals surface area (Å²) < 4.78 is 39.9. The van der Waals surface area contributed by atoms with E-state index in [0.29, 0.717) is 12.1 Å². The fraction of sp³-hybridized carbons (Fsp3) is 0.214. The smallest absolute Gasteiger partial charge is 0.242 e. The van der Waals surface area contributed by atoms with E-state index in [4.69, 9.17) is 5.73 Å². The number of benzene rings is 1. The summed E-state index contributed by atoms with van der Waals surface area (Å²) in [7, 11) is -3.67.